The minimum Gasteiger partial charge on any atom is -0.449 e. The third kappa shape index (κ3) is 6.60. The number of nitrogens with one attached hydrogen (secondary N) is 1. The summed E-state index contributed by atoms with van der Waals surface area (Å²) >= 11 is 0. The van der Waals surface area contributed by atoms with E-state index in [1.807, 2.05) is 68.4 Å². The van der Waals surface area contributed by atoms with Crippen molar-refractivity contribution in [2.24, 2.45) is 0 Å². The molecule has 3 aromatic carbocycles. The van der Waals surface area contributed by atoms with E-state index in [0.717, 1.165) is 27.8 Å². The molecular weight excluding hydrogens is 480 g/mol. The fraction of sp³-hybridized carbons (Fsp3) is 0.355. The number of benzene rings is 3. The Balaban J connectivity index is 1.40. The predicted molar refractivity (Wildman–Crippen MR) is 147 cm³/mol. The van der Waals surface area contributed by atoms with Gasteiger partial charge in [0.25, 0.3) is 0 Å². The van der Waals surface area contributed by atoms with Crippen molar-refractivity contribution in [3.05, 3.63) is 95.6 Å². The molecule has 0 saturated heterocycles. The summed E-state index contributed by atoms with van der Waals surface area (Å²) in [6.07, 6.45) is -1.18. The molecule has 0 radical (unpaired) electrons. The normalized spacial score (nSPS) is 13.1. The zero-order valence-corrected chi connectivity index (χ0v) is 22.3. The van der Waals surface area contributed by atoms with Crippen LogP contribution in [0, 0.1) is 0 Å². The van der Waals surface area contributed by atoms with Crippen molar-refractivity contribution in [1.82, 2.24) is 10.2 Å². The third-order valence-electron chi connectivity index (χ3n) is 6.65. The summed E-state index contributed by atoms with van der Waals surface area (Å²) in [5.41, 5.74) is 5.57. The van der Waals surface area contributed by atoms with Crippen LogP contribution in [-0.2, 0) is 25.5 Å². The second kappa shape index (κ2) is 13.2. The molecule has 0 saturated carbocycles. The Kier molecular flexibility index (Phi) is 9.51. The SMILES string of the molecule is CCOC(CN(Cc1ccccc1)C(=O)C(C)NC(=O)OCC1c2ccccc2-c2ccccc21)OCC. The lowest BCUT2D eigenvalue weighted by Crippen LogP contribution is -2.49. The number of alkyl carbamates (subject to hydrolysis) is 1. The van der Waals surface area contributed by atoms with Gasteiger partial charge in [0.15, 0.2) is 6.29 Å². The van der Waals surface area contributed by atoms with E-state index in [9.17, 15) is 9.59 Å². The number of hydrogen-bond acceptors (Lipinski definition) is 5. The summed E-state index contributed by atoms with van der Waals surface area (Å²) in [5.74, 6) is -0.293. The first-order valence-electron chi connectivity index (χ1n) is 13.2. The number of hydrogen-bond donors (Lipinski definition) is 1. The molecule has 2 amide bonds. The van der Waals surface area contributed by atoms with E-state index < -0.39 is 18.4 Å². The molecule has 1 aliphatic carbocycles. The molecule has 3 aromatic rings. The van der Waals surface area contributed by atoms with Crippen LogP contribution in [0.15, 0.2) is 78.9 Å². The van der Waals surface area contributed by atoms with E-state index >= 15 is 0 Å². The van der Waals surface area contributed by atoms with Crippen LogP contribution in [0.4, 0.5) is 4.79 Å². The second-order valence-corrected chi connectivity index (χ2v) is 9.24. The molecule has 1 aliphatic rings. The molecular formula is C31H36N2O5. The minimum absolute atomic E-state index is 0.0492. The predicted octanol–water partition coefficient (Wildman–Crippen LogP) is 5.34. The number of carbonyl (C=O) groups excluding carboxylic acids is 2. The zero-order valence-electron chi connectivity index (χ0n) is 22.3. The Bertz CT molecular complexity index is 1160. The molecule has 0 fully saturated rings. The molecule has 200 valence electrons. The molecule has 1 atom stereocenters. The van der Waals surface area contributed by atoms with Gasteiger partial charge in [0, 0.05) is 25.7 Å². The summed E-state index contributed by atoms with van der Waals surface area (Å²) in [5, 5.41) is 2.72. The van der Waals surface area contributed by atoms with Crippen LogP contribution in [0.25, 0.3) is 11.1 Å². The van der Waals surface area contributed by atoms with Crippen LogP contribution in [0.5, 0.6) is 0 Å². The smallest absolute Gasteiger partial charge is 0.407 e. The maximum atomic E-state index is 13.5. The average molecular weight is 517 g/mol. The van der Waals surface area contributed by atoms with Crippen LogP contribution in [0.1, 0.15) is 43.4 Å². The summed E-state index contributed by atoms with van der Waals surface area (Å²) in [6, 6.07) is 25.3. The van der Waals surface area contributed by atoms with Gasteiger partial charge in [-0.05, 0) is 48.6 Å². The van der Waals surface area contributed by atoms with Crippen molar-refractivity contribution >= 4 is 12.0 Å². The lowest BCUT2D eigenvalue weighted by molar-refractivity contribution is -0.160. The first-order chi connectivity index (χ1) is 18.5. The Hall–Kier alpha value is -3.68. The molecule has 4 rings (SSSR count). The van der Waals surface area contributed by atoms with Gasteiger partial charge in [-0.1, -0.05) is 78.9 Å². The number of ether oxygens (including phenoxy) is 3. The first-order valence-corrected chi connectivity index (χ1v) is 13.2. The quantitative estimate of drug-likeness (QED) is 0.329. The highest BCUT2D eigenvalue weighted by molar-refractivity contribution is 5.85. The van der Waals surface area contributed by atoms with Gasteiger partial charge in [-0.3, -0.25) is 4.79 Å². The number of amides is 2. The van der Waals surface area contributed by atoms with Crippen LogP contribution in [-0.4, -0.2) is 55.6 Å². The highest BCUT2D eigenvalue weighted by atomic mass is 16.7. The maximum Gasteiger partial charge on any atom is 0.407 e. The summed E-state index contributed by atoms with van der Waals surface area (Å²) in [6.45, 7) is 7.16. The molecule has 1 unspecified atom stereocenters. The van der Waals surface area contributed by atoms with Crippen LogP contribution < -0.4 is 5.32 Å². The second-order valence-electron chi connectivity index (χ2n) is 9.24. The molecule has 0 aromatic heterocycles. The average Bonchev–Trinajstić information content (AvgIpc) is 3.25. The molecule has 1 N–H and O–H groups in total. The Labute approximate surface area is 224 Å². The fourth-order valence-corrected chi connectivity index (χ4v) is 4.89. The Morgan fingerprint density at radius 1 is 0.842 bits per heavy atom. The van der Waals surface area contributed by atoms with Crippen LogP contribution in [0.3, 0.4) is 0 Å². The molecule has 7 nitrogen and oxygen atoms in total. The van der Waals surface area contributed by atoms with Gasteiger partial charge in [0.1, 0.15) is 12.6 Å². The Morgan fingerprint density at radius 2 is 1.39 bits per heavy atom. The molecule has 7 heteroatoms. The topological polar surface area (TPSA) is 77.1 Å². The standard InChI is InChI=1S/C31H36N2O5/c1-4-36-29(37-5-2)20-33(19-23-13-7-6-8-14-23)30(34)22(3)32-31(35)38-21-28-26-17-11-9-15-24(26)25-16-10-12-18-27(25)28/h6-18,22,28-29H,4-5,19-21H2,1-3H3,(H,32,35). The number of nitrogens with zero attached hydrogens (tertiary/aromatic N) is 1. The first kappa shape index (κ1) is 27.4. The molecule has 0 aliphatic heterocycles. The molecule has 0 spiro atoms. The largest absolute Gasteiger partial charge is 0.449 e. The van der Waals surface area contributed by atoms with E-state index in [1.54, 1.807) is 11.8 Å². The van der Waals surface area contributed by atoms with Gasteiger partial charge in [-0.2, -0.15) is 0 Å². The molecule has 0 bridgehead atoms. The lowest BCUT2D eigenvalue weighted by atomic mass is 9.98. The van der Waals surface area contributed by atoms with E-state index in [2.05, 4.69) is 29.6 Å². The van der Waals surface area contributed by atoms with E-state index in [4.69, 9.17) is 14.2 Å². The monoisotopic (exact) mass is 516 g/mol. The van der Waals surface area contributed by atoms with Gasteiger partial charge >= 0.3 is 6.09 Å². The summed E-state index contributed by atoms with van der Waals surface area (Å²) in [4.78, 5) is 27.9. The van der Waals surface area contributed by atoms with E-state index in [0.29, 0.717) is 19.8 Å². The van der Waals surface area contributed by atoms with E-state index in [1.165, 1.54) is 0 Å². The fourth-order valence-electron chi connectivity index (χ4n) is 4.89. The highest BCUT2D eigenvalue weighted by Crippen LogP contribution is 2.44. The van der Waals surface area contributed by atoms with Gasteiger partial charge in [0.05, 0.1) is 6.54 Å². The van der Waals surface area contributed by atoms with Gasteiger partial charge in [0.2, 0.25) is 5.91 Å². The van der Waals surface area contributed by atoms with Gasteiger partial charge in [-0.15, -0.1) is 0 Å². The summed E-state index contributed by atoms with van der Waals surface area (Å²) in [7, 11) is 0. The zero-order chi connectivity index (χ0) is 26.9. The van der Waals surface area contributed by atoms with Crippen molar-refractivity contribution < 1.29 is 23.8 Å². The van der Waals surface area contributed by atoms with Crippen LogP contribution in [0.2, 0.25) is 0 Å². The highest BCUT2D eigenvalue weighted by Gasteiger charge is 2.30. The van der Waals surface area contributed by atoms with Gasteiger partial charge in [-0.25, -0.2) is 4.79 Å². The van der Waals surface area contributed by atoms with Crippen molar-refractivity contribution in [3.8, 4) is 11.1 Å². The van der Waals surface area contributed by atoms with Crippen molar-refractivity contribution in [2.45, 2.75) is 45.6 Å². The number of fused-ring (bicyclic) bond motifs is 3. The van der Waals surface area contributed by atoms with E-state index in [-0.39, 0.29) is 25.0 Å². The lowest BCUT2D eigenvalue weighted by Gasteiger charge is -2.30. The molecule has 0 heterocycles. The van der Waals surface area contributed by atoms with Crippen LogP contribution >= 0.6 is 0 Å². The number of rotatable bonds is 12. The van der Waals surface area contributed by atoms with Gasteiger partial charge < -0.3 is 24.4 Å². The summed E-state index contributed by atoms with van der Waals surface area (Å²) < 4.78 is 17.0. The van der Waals surface area contributed by atoms with Crippen molar-refractivity contribution in [3.63, 3.8) is 0 Å². The minimum atomic E-state index is -0.793. The Morgan fingerprint density at radius 3 is 1.97 bits per heavy atom. The van der Waals surface area contributed by atoms with Crippen molar-refractivity contribution in [2.75, 3.05) is 26.4 Å². The molecule has 38 heavy (non-hydrogen) atoms. The third-order valence-corrected chi connectivity index (χ3v) is 6.65. The number of carbonyl (C=O) groups is 2. The maximum absolute atomic E-state index is 13.5. The van der Waals surface area contributed by atoms with Crippen molar-refractivity contribution in [1.29, 1.82) is 0 Å².